The predicted molar refractivity (Wildman–Crippen MR) is 203 cm³/mol. The maximum absolute atomic E-state index is 14.1. The molecule has 0 saturated heterocycles. The summed E-state index contributed by atoms with van der Waals surface area (Å²) in [5, 5.41) is 6.59. The van der Waals surface area contributed by atoms with Crippen LogP contribution in [0.25, 0.3) is 22.3 Å². The Labute approximate surface area is 320 Å². The highest BCUT2D eigenvalue weighted by Crippen LogP contribution is 2.42. The van der Waals surface area contributed by atoms with Gasteiger partial charge in [0.15, 0.2) is 5.78 Å². The van der Waals surface area contributed by atoms with Gasteiger partial charge in [-0.15, -0.1) is 0 Å². The van der Waals surface area contributed by atoms with E-state index in [4.69, 9.17) is 23.9 Å². The number of unbranched alkanes of at least 4 members (excludes halogenated alkanes) is 2. The van der Waals surface area contributed by atoms with E-state index in [0.29, 0.717) is 30.8 Å². The number of Topliss-reactive ketones (excluding diaryl/α,β-unsaturated/α-hetero) is 1. The van der Waals surface area contributed by atoms with Crippen LogP contribution in [-0.4, -0.2) is 71.2 Å². The topological polar surface area (TPSA) is 181 Å². The van der Waals surface area contributed by atoms with Gasteiger partial charge in [-0.1, -0.05) is 65.5 Å². The van der Waals surface area contributed by atoms with Gasteiger partial charge < -0.3 is 34.1 Å². The van der Waals surface area contributed by atoms with E-state index in [1.165, 1.54) is 6.92 Å². The van der Waals surface area contributed by atoms with Crippen LogP contribution in [0.3, 0.4) is 0 Å². The molecule has 4 heterocycles. The SMILES string of the molecule is CCCCCC(NC(=O)COCC(C)=O)C(=O)NC(COC(=O)OC1(CC)C(=O)OCc2c1cc1n(c2=O)Cc2c-1nc1ccc(C)cc1c2CC)C(C)C. The standard InChI is InChI=1S/C41H52N4O10/c1-8-11-12-13-32(42-35(47)22-52-19-25(7)46)37(48)44-33(23(4)5)21-54-40(51)55-41(10-3)30-17-34-36-28(18-45(34)38(49)29(30)20-53-39(41)50)26(9-2)27-16-24(6)14-15-31(27)43-36/h14-17,23,32-33H,8-13,18-22H2,1-7H3,(H,42,47)(H,44,48). The summed E-state index contributed by atoms with van der Waals surface area (Å²) in [5.41, 5.74) is 3.19. The Bertz CT molecular complexity index is 2040. The van der Waals surface area contributed by atoms with Crippen LogP contribution in [0.1, 0.15) is 101 Å². The third-order valence-electron chi connectivity index (χ3n) is 10.3. The number of rotatable bonds is 17. The third-order valence-corrected chi connectivity index (χ3v) is 10.3. The van der Waals surface area contributed by atoms with Gasteiger partial charge >= 0.3 is 12.1 Å². The van der Waals surface area contributed by atoms with E-state index in [-0.39, 0.29) is 61.2 Å². The second kappa shape index (κ2) is 17.6. The van der Waals surface area contributed by atoms with Crippen LogP contribution >= 0.6 is 0 Å². The number of carbonyl (C=O) groups excluding carboxylic acids is 5. The Morgan fingerprint density at radius 2 is 1.78 bits per heavy atom. The maximum atomic E-state index is 14.1. The normalized spacial score (nSPS) is 16.8. The van der Waals surface area contributed by atoms with E-state index in [9.17, 15) is 28.8 Å². The number of ether oxygens (including phenoxy) is 4. The molecule has 0 aliphatic carbocycles. The lowest BCUT2D eigenvalue weighted by molar-refractivity contribution is -0.175. The number of cyclic esters (lactones) is 1. The highest BCUT2D eigenvalue weighted by molar-refractivity contribution is 5.90. The summed E-state index contributed by atoms with van der Waals surface area (Å²) in [7, 11) is 0. The number of carbonyl (C=O) groups is 5. The first-order chi connectivity index (χ1) is 26.2. The fraction of sp³-hybridized carbons (Fsp3) is 0.537. The number of ketones is 1. The smallest absolute Gasteiger partial charge is 0.457 e. The van der Waals surface area contributed by atoms with Crippen LogP contribution in [0.15, 0.2) is 29.1 Å². The van der Waals surface area contributed by atoms with E-state index in [0.717, 1.165) is 46.9 Å². The lowest BCUT2D eigenvalue weighted by atomic mass is 9.85. The molecule has 1 aromatic carbocycles. The predicted octanol–water partition coefficient (Wildman–Crippen LogP) is 4.92. The molecule has 0 fully saturated rings. The van der Waals surface area contributed by atoms with Crippen LogP contribution in [0.4, 0.5) is 4.79 Å². The number of amides is 2. The first-order valence-corrected chi connectivity index (χ1v) is 19.1. The Morgan fingerprint density at radius 3 is 2.45 bits per heavy atom. The number of aromatic nitrogens is 2. The molecule has 3 aromatic rings. The number of fused-ring (bicyclic) bond motifs is 5. The second-order valence-electron chi connectivity index (χ2n) is 14.7. The van der Waals surface area contributed by atoms with Gasteiger partial charge in [0.25, 0.3) is 5.56 Å². The minimum atomic E-state index is -1.97. The van der Waals surface area contributed by atoms with Crippen molar-refractivity contribution in [1.29, 1.82) is 0 Å². The maximum Gasteiger partial charge on any atom is 0.509 e. The van der Waals surface area contributed by atoms with Crippen LogP contribution < -0.4 is 16.2 Å². The highest BCUT2D eigenvalue weighted by atomic mass is 16.7. The number of nitrogens with one attached hydrogen (secondary N) is 2. The molecule has 2 N–H and O–H groups in total. The third kappa shape index (κ3) is 8.74. The van der Waals surface area contributed by atoms with Crippen LogP contribution in [-0.2, 0) is 63.3 Å². The van der Waals surface area contributed by atoms with Crippen molar-refractivity contribution in [3.8, 4) is 11.4 Å². The number of nitrogens with zero attached hydrogens (tertiary/aromatic N) is 2. The Balaban J connectivity index is 1.36. The molecule has 2 aliphatic rings. The fourth-order valence-electron chi connectivity index (χ4n) is 7.24. The summed E-state index contributed by atoms with van der Waals surface area (Å²) >= 11 is 0. The van der Waals surface area contributed by atoms with Crippen molar-refractivity contribution in [3.63, 3.8) is 0 Å². The van der Waals surface area contributed by atoms with Crippen molar-refractivity contribution >= 4 is 40.6 Å². The lowest BCUT2D eigenvalue weighted by Gasteiger charge is -2.35. The number of hydrogen-bond acceptors (Lipinski definition) is 11. The van der Waals surface area contributed by atoms with Gasteiger partial charge in [0.2, 0.25) is 17.4 Å². The van der Waals surface area contributed by atoms with E-state index in [2.05, 4.69) is 23.6 Å². The van der Waals surface area contributed by atoms with Crippen molar-refractivity contribution in [2.45, 2.75) is 118 Å². The molecule has 55 heavy (non-hydrogen) atoms. The summed E-state index contributed by atoms with van der Waals surface area (Å²) < 4.78 is 23.6. The number of aryl methyl sites for hydroxylation is 2. The fourth-order valence-corrected chi connectivity index (χ4v) is 7.24. The summed E-state index contributed by atoms with van der Waals surface area (Å²) in [5.74, 6) is -2.29. The molecule has 0 radical (unpaired) electrons. The quantitative estimate of drug-likeness (QED) is 0.110. The van der Waals surface area contributed by atoms with Crippen molar-refractivity contribution in [2.75, 3.05) is 19.8 Å². The minimum absolute atomic E-state index is 0.0477. The van der Waals surface area contributed by atoms with Gasteiger partial charge in [0, 0.05) is 16.5 Å². The Morgan fingerprint density at radius 1 is 1.02 bits per heavy atom. The molecular formula is C41H52N4O10. The molecule has 0 bridgehead atoms. The second-order valence-corrected chi connectivity index (χ2v) is 14.7. The molecular weight excluding hydrogens is 708 g/mol. The van der Waals surface area contributed by atoms with E-state index < -0.39 is 41.6 Å². The van der Waals surface area contributed by atoms with Gasteiger partial charge in [0.05, 0.1) is 35.1 Å². The Hall–Kier alpha value is -5.11. The summed E-state index contributed by atoms with van der Waals surface area (Å²) in [6.45, 7) is 11.9. The molecule has 3 unspecified atom stereocenters. The largest absolute Gasteiger partial charge is 0.509 e. The van der Waals surface area contributed by atoms with Crippen LogP contribution in [0.5, 0.6) is 0 Å². The lowest BCUT2D eigenvalue weighted by Crippen LogP contribution is -2.53. The van der Waals surface area contributed by atoms with Crippen molar-refractivity contribution in [3.05, 3.63) is 62.4 Å². The summed E-state index contributed by atoms with van der Waals surface area (Å²) in [6.07, 6.45) is 2.30. The molecule has 0 saturated carbocycles. The van der Waals surface area contributed by atoms with Crippen molar-refractivity contribution in [1.82, 2.24) is 20.2 Å². The number of hydrogen-bond donors (Lipinski definition) is 2. The molecule has 5 rings (SSSR count). The van der Waals surface area contributed by atoms with Gasteiger partial charge in [-0.2, -0.15) is 0 Å². The van der Waals surface area contributed by atoms with E-state index in [1.807, 2.05) is 39.8 Å². The molecule has 3 atom stereocenters. The summed E-state index contributed by atoms with van der Waals surface area (Å²) in [6, 6.07) is 6.18. The zero-order chi connectivity index (χ0) is 40.0. The molecule has 14 heteroatoms. The molecule has 2 amide bonds. The van der Waals surface area contributed by atoms with Gasteiger partial charge in [0.1, 0.15) is 32.5 Å². The van der Waals surface area contributed by atoms with Gasteiger partial charge in [-0.3, -0.25) is 19.2 Å². The van der Waals surface area contributed by atoms with Gasteiger partial charge in [-0.25, -0.2) is 14.6 Å². The van der Waals surface area contributed by atoms with Crippen LogP contribution in [0.2, 0.25) is 0 Å². The monoisotopic (exact) mass is 760 g/mol. The Kier molecular flexibility index (Phi) is 13.1. The zero-order valence-corrected chi connectivity index (χ0v) is 32.8. The van der Waals surface area contributed by atoms with Crippen molar-refractivity contribution in [2.24, 2.45) is 5.92 Å². The minimum Gasteiger partial charge on any atom is -0.457 e. The van der Waals surface area contributed by atoms with E-state index in [1.54, 1.807) is 17.6 Å². The van der Waals surface area contributed by atoms with Gasteiger partial charge in [-0.05, 0) is 62.8 Å². The molecule has 0 spiro atoms. The number of esters is 1. The average Bonchev–Trinajstić information content (AvgIpc) is 3.51. The first-order valence-electron chi connectivity index (χ1n) is 19.1. The molecule has 2 aliphatic heterocycles. The number of benzene rings is 1. The van der Waals surface area contributed by atoms with E-state index >= 15 is 0 Å². The summed E-state index contributed by atoms with van der Waals surface area (Å²) in [4.78, 5) is 83.3. The number of pyridine rings is 2. The molecule has 14 nitrogen and oxygen atoms in total. The first kappa shape index (κ1) is 41.1. The zero-order valence-electron chi connectivity index (χ0n) is 32.8. The van der Waals surface area contributed by atoms with Crippen LogP contribution in [0, 0.1) is 12.8 Å². The molecule has 2 aromatic heterocycles. The average molecular weight is 761 g/mol. The van der Waals surface area contributed by atoms with Crippen molar-refractivity contribution < 1.29 is 42.9 Å². The molecule has 296 valence electrons. The highest BCUT2D eigenvalue weighted by Gasteiger charge is 2.51.